The molecule has 0 amide bonds. The number of ether oxygens (including phenoxy) is 1. The first-order chi connectivity index (χ1) is 7.37. The second-order valence-electron chi connectivity index (χ2n) is 6.30. The lowest BCUT2D eigenvalue weighted by Gasteiger charge is -2.35. The van der Waals surface area contributed by atoms with Crippen molar-refractivity contribution in [1.82, 2.24) is 0 Å². The normalized spacial score (nSPS) is 31.1. The Balaban J connectivity index is 2.45. The van der Waals surface area contributed by atoms with Crippen LogP contribution < -0.4 is 0 Å². The van der Waals surface area contributed by atoms with Crippen LogP contribution in [0.2, 0.25) is 0 Å². The Kier molecular flexibility index (Phi) is 4.38. The average molecular weight is 223 g/mol. The van der Waals surface area contributed by atoms with E-state index in [-0.39, 0.29) is 11.0 Å². The Hall–Kier alpha value is -0.550. The minimum atomic E-state index is -0.108. The summed E-state index contributed by atoms with van der Waals surface area (Å²) in [7, 11) is 0. The number of rotatable bonds is 3. The van der Waals surface area contributed by atoms with Crippen molar-refractivity contribution in [1.29, 1.82) is 5.26 Å². The molecule has 16 heavy (non-hydrogen) atoms. The van der Waals surface area contributed by atoms with Gasteiger partial charge in [0.25, 0.3) is 0 Å². The third-order valence-corrected chi connectivity index (χ3v) is 3.44. The molecule has 0 aliphatic heterocycles. The second kappa shape index (κ2) is 5.19. The molecule has 1 fully saturated rings. The van der Waals surface area contributed by atoms with Gasteiger partial charge in [-0.3, -0.25) is 0 Å². The maximum absolute atomic E-state index is 9.38. The molecule has 0 aromatic rings. The number of hydrogen-bond acceptors (Lipinski definition) is 2. The van der Waals surface area contributed by atoms with E-state index in [0.29, 0.717) is 12.5 Å². The molecular formula is C14H25NO. The van der Waals surface area contributed by atoms with Crippen LogP contribution >= 0.6 is 0 Å². The summed E-state index contributed by atoms with van der Waals surface area (Å²) in [6, 6.07) is 2.55. The number of nitrogens with zero attached hydrogens (tertiary/aromatic N) is 1. The molecule has 2 nitrogen and oxygen atoms in total. The van der Waals surface area contributed by atoms with E-state index in [4.69, 9.17) is 4.74 Å². The zero-order chi connectivity index (χ0) is 12.2. The summed E-state index contributed by atoms with van der Waals surface area (Å²) in [5.74, 6) is 0.697. The zero-order valence-corrected chi connectivity index (χ0v) is 11.2. The van der Waals surface area contributed by atoms with E-state index in [1.54, 1.807) is 0 Å². The average Bonchev–Trinajstić information content (AvgIpc) is 2.16. The van der Waals surface area contributed by atoms with E-state index in [1.165, 1.54) is 12.8 Å². The van der Waals surface area contributed by atoms with E-state index in [2.05, 4.69) is 33.8 Å². The molecule has 2 heteroatoms. The zero-order valence-electron chi connectivity index (χ0n) is 11.2. The molecule has 1 aliphatic carbocycles. The summed E-state index contributed by atoms with van der Waals surface area (Å²) < 4.78 is 5.74. The van der Waals surface area contributed by atoms with Gasteiger partial charge in [-0.15, -0.1) is 0 Å². The van der Waals surface area contributed by atoms with Crippen molar-refractivity contribution >= 4 is 0 Å². The lowest BCUT2D eigenvalue weighted by atomic mass is 9.69. The van der Waals surface area contributed by atoms with Crippen molar-refractivity contribution in [2.75, 3.05) is 6.61 Å². The molecule has 0 heterocycles. The van der Waals surface area contributed by atoms with E-state index in [9.17, 15) is 5.26 Å². The summed E-state index contributed by atoms with van der Waals surface area (Å²) in [5.41, 5.74) is -0.195. The highest BCUT2D eigenvalue weighted by Crippen LogP contribution is 2.41. The lowest BCUT2D eigenvalue weighted by Crippen LogP contribution is -2.29. The minimum absolute atomic E-state index is 0.0864. The Morgan fingerprint density at radius 1 is 1.44 bits per heavy atom. The fourth-order valence-corrected chi connectivity index (χ4v) is 2.60. The van der Waals surface area contributed by atoms with Crippen molar-refractivity contribution in [3.63, 3.8) is 0 Å². The lowest BCUT2D eigenvalue weighted by molar-refractivity contribution is -0.0185. The third-order valence-electron chi connectivity index (χ3n) is 3.44. The van der Waals surface area contributed by atoms with Crippen LogP contribution in [0.25, 0.3) is 0 Å². The predicted molar refractivity (Wildman–Crippen MR) is 66.0 cm³/mol. The highest BCUT2D eigenvalue weighted by atomic mass is 16.5. The van der Waals surface area contributed by atoms with Crippen molar-refractivity contribution in [2.24, 2.45) is 11.3 Å². The van der Waals surface area contributed by atoms with Crippen LogP contribution in [-0.4, -0.2) is 12.2 Å². The molecule has 0 aromatic carbocycles. The molecule has 0 N–H and O–H groups in total. The summed E-state index contributed by atoms with van der Waals surface area (Å²) >= 11 is 0. The van der Waals surface area contributed by atoms with Gasteiger partial charge >= 0.3 is 0 Å². The monoisotopic (exact) mass is 223 g/mol. The van der Waals surface area contributed by atoms with Gasteiger partial charge in [-0.05, 0) is 46.0 Å². The Morgan fingerprint density at radius 3 is 2.62 bits per heavy atom. The van der Waals surface area contributed by atoms with Gasteiger partial charge in [-0.2, -0.15) is 5.26 Å². The molecule has 0 aromatic heterocycles. The van der Waals surface area contributed by atoms with Crippen LogP contribution in [0, 0.1) is 22.7 Å². The first kappa shape index (κ1) is 13.5. The smallest absolute Gasteiger partial charge is 0.0690 e. The van der Waals surface area contributed by atoms with Gasteiger partial charge in [0, 0.05) is 6.61 Å². The Labute approximate surface area is 100.0 Å². The van der Waals surface area contributed by atoms with Crippen LogP contribution in [0.15, 0.2) is 0 Å². The maximum Gasteiger partial charge on any atom is 0.0690 e. The van der Waals surface area contributed by atoms with Crippen molar-refractivity contribution < 1.29 is 4.74 Å². The van der Waals surface area contributed by atoms with Crippen LogP contribution in [0.4, 0.5) is 0 Å². The molecule has 2 atom stereocenters. The van der Waals surface area contributed by atoms with E-state index in [1.807, 2.05) is 0 Å². The molecule has 1 aliphatic rings. The van der Waals surface area contributed by atoms with Crippen LogP contribution in [-0.2, 0) is 4.74 Å². The van der Waals surface area contributed by atoms with Crippen molar-refractivity contribution in [2.45, 2.75) is 65.4 Å². The fraction of sp³-hybridized carbons (Fsp3) is 0.929. The molecular weight excluding hydrogens is 198 g/mol. The summed E-state index contributed by atoms with van der Waals surface area (Å²) in [6.45, 7) is 9.17. The molecule has 0 radical (unpaired) electrons. The van der Waals surface area contributed by atoms with Crippen molar-refractivity contribution in [3.8, 4) is 6.07 Å². The standard InChI is InChI=1S/C14H25NO/c1-12-6-5-7-14(10-12,11-15)8-9-16-13(2,3)4/h12H,5-10H2,1-4H3. The SMILES string of the molecule is CC1CCCC(C#N)(CCOC(C)(C)C)C1. The summed E-state index contributed by atoms with van der Waals surface area (Å²) in [6.07, 6.45) is 5.48. The van der Waals surface area contributed by atoms with Gasteiger partial charge in [0.2, 0.25) is 0 Å². The quantitative estimate of drug-likeness (QED) is 0.726. The van der Waals surface area contributed by atoms with Crippen LogP contribution in [0.3, 0.4) is 0 Å². The molecule has 0 bridgehead atoms. The van der Waals surface area contributed by atoms with E-state index in [0.717, 1.165) is 19.3 Å². The van der Waals surface area contributed by atoms with Gasteiger partial charge in [0.1, 0.15) is 0 Å². The van der Waals surface area contributed by atoms with E-state index >= 15 is 0 Å². The molecule has 0 saturated heterocycles. The molecule has 1 rings (SSSR count). The first-order valence-electron chi connectivity index (χ1n) is 6.42. The van der Waals surface area contributed by atoms with Crippen LogP contribution in [0.5, 0.6) is 0 Å². The maximum atomic E-state index is 9.38. The van der Waals surface area contributed by atoms with Crippen LogP contribution in [0.1, 0.15) is 59.8 Å². The fourth-order valence-electron chi connectivity index (χ4n) is 2.60. The second-order valence-corrected chi connectivity index (χ2v) is 6.30. The Bertz CT molecular complexity index is 261. The van der Waals surface area contributed by atoms with Gasteiger partial charge in [-0.25, -0.2) is 0 Å². The summed E-state index contributed by atoms with van der Waals surface area (Å²) in [5, 5.41) is 9.38. The van der Waals surface area contributed by atoms with Gasteiger partial charge in [0.15, 0.2) is 0 Å². The number of nitriles is 1. The molecule has 92 valence electrons. The highest BCUT2D eigenvalue weighted by molar-refractivity contribution is 5.01. The van der Waals surface area contributed by atoms with Gasteiger partial charge in [-0.1, -0.05) is 19.8 Å². The Morgan fingerprint density at radius 2 is 2.12 bits per heavy atom. The number of hydrogen-bond donors (Lipinski definition) is 0. The molecule has 1 saturated carbocycles. The predicted octanol–water partition coefficient (Wildman–Crippen LogP) is 3.91. The third kappa shape index (κ3) is 4.14. The summed E-state index contributed by atoms with van der Waals surface area (Å²) in [4.78, 5) is 0. The minimum Gasteiger partial charge on any atom is -0.376 e. The first-order valence-corrected chi connectivity index (χ1v) is 6.42. The topological polar surface area (TPSA) is 33.0 Å². The van der Waals surface area contributed by atoms with E-state index < -0.39 is 0 Å². The van der Waals surface area contributed by atoms with Gasteiger partial charge < -0.3 is 4.74 Å². The highest BCUT2D eigenvalue weighted by Gasteiger charge is 2.35. The largest absolute Gasteiger partial charge is 0.376 e. The molecule has 0 spiro atoms. The van der Waals surface area contributed by atoms with Gasteiger partial charge in [0.05, 0.1) is 17.1 Å². The molecule has 2 unspecified atom stereocenters. The van der Waals surface area contributed by atoms with Crippen molar-refractivity contribution in [3.05, 3.63) is 0 Å².